The Labute approximate surface area is 485 Å². The van der Waals surface area contributed by atoms with Gasteiger partial charge in [0.1, 0.15) is 13.2 Å². The van der Waals surface area contributed by atoms with Crippen molar-refractivity contribution in [3.8, 4) is 0 Å². The molecular formula is C69H134O9. The number of hydrogen-bond acceptors (Lipinski definition) is 9. The third-order valence-corrected chi connectivity index (χ3v) is 16.3. The average molecular weight is 1110 g/mol. The highest BCUT2D eigenvalue weighted by Crippen LogP contribution is 2.23. The number of ether oxygens (including phenoxy) is 6. The maximum absolute atomic E-state index is 13.1. The number of carbonyl (C=O) groups excluding carboxylic acids is 3. The Morgan fingerprint density at radius 1 is 0.269 bits per heavy atom. The SMILES string of the molecule is CCCCCCC(CCCCCCCCCCC(=O)OCC(COC(=O)CCCCCCCCCCC(CCCCCC)OC(C)CC)OC(=O)CCCCCCCCCCC(CCCCCC)OC(C)CC)OC(C)CC. The number of unbranched alkanes of at least 4 members (excludes halogenated alkanes) is 30. The van der Waals surface area contributed by atoms with Gasteiger partial charge in [0, 0.05) is 19.3 Å². The van der Waals surface area contributed by atoms with Gasteiger partial charge in [-0.2, -0.15) is 0 Å². The Morgan fingerprint density at radius 2 is 0.487 bits per heavy atom. The number of hydrogen-bond donors (Lipinski definition) is 0. The maximum Gasteiger partial charge on any atom is 0.306 e. The predicted molar refractivity (Wildman–Crippen MR) is 330 cm³/mol. The van der Waals surface area contributed by atoms with Crippen molar-refractivity contribution < 1.29 is 42.8 Å². The van der Waals surface area contributed by atoms with Crippen molar-refractivity contribution in [3.63, 3.8) is 0 Å². The van der Waals surface area contributed by atoms with Gasteiger partial charge in [-0.3, -0.25) is 14.4 Å². The molecule has 0 spiro atoms. The van der Waals surface area contributed by atoms with Crippen LogP contribution in [-0.2, 0) is 42.8 Å². The van der Waals surface area contributed by atoms with E-state index in [0.717, 1.165) is 77.0 Å². The van der Waals surface area contributed by atoms with E-state index in [0.29, 0.717) is 55.9 Å². The minimum Gasteiger partial charge on any atom is -0.462 e. The Hall–Kier alpha value is -1.71. The van der Waals surface area contributed by atoms with Crippen LogP contribution in [0.2, 0.25) is 0 Å². The van der Waals surface area contributed by atoms with E-state index in [1.54, 1.807) is 0 Å². The van der Waals surface area contributed by atoms with Crippen LogP contribution in [0.1, 0.15) is 371 Å². The van der Waals surface area contributed by atoms with Crippen molar-refractivity contribution in [2.75, 3.05) is 13.2 Å². The third-order valence-electron chi connectivity index (χ3n) is 16.3. The molecule has 0 fully saturated rings. The van der Waals surface area contributed by atoms with E-state index in [-0.39, 0.29) is 31.1 Å². The van der Waals surface area contributed by atoms with Crippen molar-refractivity contribution in [1.82, 2.24) is 0 Å². The van der Waals surface area contributed by atoms with Gasteiger partial charge < -0.3 is 28.4 Å². The molecule has 0 aliphatic carbocycles. The highest BCUT2D eigenvalue weighted by Gasteiger charge is 2.20. The van der Waals surface area contributed by atoms with Crippen molar-refractivity contribution in [2.45, 2.75) is 413 Å². The second kappa shape index (κ2) is 58.5. The van der Waals surface area contributed by atoms with Crippen LogP contribution in [0.5, 0.6) is 0 Å². The molecule has 0 N–H and O–H groups in total. The molecule has 0 aliphatic rings. The van der Waals surface area contributed by atoms with Crippen LogP contribution in [0.4, 0.5) is 0 Å². The lowest BCUT2D eigenvalue weighted by atomic mass is 10.0. The second-order valence-electron chi connectivity index (χ2n) is 24.1. The second-order valence-corrected chi connectivity index (χ2v) is 24.1. The summed E-state index contributed by atoms with van der Waals surface area (Å²) in [7, 11) is 0. The summed E-state index contributed by atoms with van der Waals surface area (Å²) in [6, 6.07) is 0. The van der Waals surface area contributed by atoms with Gasteiger partial charge in [0.15, 0.2) is 6.10 Å². The van der Waals surface area contributed by atoms with Gasteiger partial charge in [0.05, 0.1) is 36.6 Å². The van der Waals surface area contributed by atoms with Crippen molar-refractivity contribution in [2.24, 2.45) is 0 Å². The number of esters is 3. The van der Waals surface area contributed by atoms with Gasteiger partial charge in [-0.1, -0.05) is 253 Å². The Kier molecular flexibility index (Phi) is 57.2. The standard InChI is InChI=1S/C69H134O9/c1-10-16-19-40-49-63(75-60(7)13-4)52-43-34-28-22-25-31-37-46-55-67(70)73-58-66(78-69(72)57-48-39-33-27-24-30-36-45-54-65(77-62(9)15-6)51-42-21-18-12-3)59-74-68(71)56-47-38-32-26-23-29-35-44-53-64(76-61(8)14-5)50-41-20-17-11-2/h60-66H,10-59H2,1-9H3. The first-order chi connectivity index (χ1) is 38.0. The van der Waals surface area contributed by atoms with Crippen LogP contribution >= 0.6 is 0 Å². The summed E-state index contributed by atoms with van der Waals surface area (Å²) in [6.45, 7) is 19.9. The van der Waals surface area contributed by atoms with Gasteiger partial charge >= 0.3 is 17.9 Å². The summed E-state index contributed by atoms with van der Waals surface area (Å²) in [6.07, 6.45) is 55.4. The first-order valence-electron chi connectivity index (χ1n) is 34.5. The molecular weight excluding hydrogens is 973 g/mol. The highest BCUT2D eigenvalue weighted by atomic mass is 16.6. The molecule has 0 saturated heterocycles. The van der Waals surface area contributed by atoms with Crippen LogP contribution in [0.3, 0.4) is 0 Å². The zero-order chi connectivity index (χ0) is 57.4. The minimum absolute atomic E-state index is 0.0896. The molecule has 6 unspecified atom stereocenters. The first kappa shape index (κ1) is 76.3. The molecule has 9 nitrogen and oxygen atoms in total. The summed E-state index contributed by atoms with van der Waals surface area (Å²) in [4.78, 5) is 38.7. The molecule has 464 valence electrons. The van der Waals surface area contributed by atoms with Crippen molar-refractivity contribution in [3.05, 3.63) is 0 Å². The van der Waals surface area contributed by atoms with Crippen molar-refractivity contribution in [1.29, 1.82) is 0 Å². The van der Waals surface area contributed by atoms with Crippen molar-refractivity contribution >= 4 is 17.9 Å². The summed E-state index contributed by atoms with van der Waals surface area (Å²) >= 11 is 0. The van der Waals surface area contributed by atoms with E-state index in [9.17, 15) is 14.4 Å². The Balaban J connectivity index is 4.74. The van der Waals surface area contributed by atoms with E-state index in [1.165, 1.54) is 212 Å². The first-order valence-corrected chi connectivity index (χ1v) is 34.5. The molecule has 6 atom stereocenters. The fraction of sp³-hybridized carbons (Fsp3) is 0.957. The van der Waals surface area contributed by atoms with Crippen LogP contribution in [0.15, 0.2) is 0 Å². The smallest absolute Gasteiger partial charge is 0.306 e. The van der Waals surface area contributed by atoms with E-state index >= 15 is 0 Å². The fourth-order valence-corrected chi connectivity index (χ4v) is 10.5. The van der Waals surface area contributed by atoms with E-state index in [4.69, 9.17) is 28.4 Å². The van der Waals surface area contributed by atoms with Gasteiger partial charge in [-0.05, 0) is 97.8 Å². The predicted octanol–water partition coefficient (Wildman–Crippen LogP) is 21.1. The molecule has 78 heavy (non-hydrogen) atoms. The van der Waals surface area contributed by atoms with Crippen LogP contribution in [0, 0.1) is 0 Å². The Morgan fingerprint density at radius 3 is 0.731 bits per heavy atom. The summed E-state index contributed by atoms with van der Waals surface area (Å²) in [5.74, 6) is -0.893. The number of carbonyl (C=O) groups is 3. The molecule has 0 aromatic heterocycles. The van der Waals surface area contributed by atoms with Gasteiger partial charge in [-0.25, -0.2) is 0 Å². The van der Waals surface area contributed by atoms with E-state index in [2.05, 4.69) is 62.3 Å². The monoisotopic (exact) mass is 1110 g/mol. The average Bonchev–Trinajstić information content (AvgIpc) is 3.43. The molecule has 0 heterocycles. The third kappa shape index (κ3) is 52.4. The molecule has 0 saturated carbocycles. The molecule has 9 heteroatoms. The molecule has 0 rings (SSSR count). The minimum atomic E-state index is -0.798. The summed E-state index contributed by atoms with van der Waals surface area (Å²) in [5, 5.41) is 0. The highest BCUT2D eigenvalue weighted by molar-refractivity contribution is 5.71. The van der Waals surface area contributed by atoms with E-state index in [1.807, 2.05) is 0 Å². The maximum atomic E-state index is 13.1. The Bertz CT molecular complexity index is 1210. The molecule has 0 aliphatic heterocycles. The zero-order valence-electron chi connectivity index (χ0n) is 53.6. The fourth-order valence-electron chi connectivity index (χ4n) is 10.5. The summed E-state index contributed by atoms with van der Waals surface area (Å²) < 4.78 is 36.2. The van der Waals surface area contributed by atoms with Crippen LogP contribution in [0.25, 0.3) is 0 Å². The van der Waals surface area contributed by atoms with E-state index < -0.39 is 6.10 Å². The normalized spacial score (nSPS) is 14.4. The molecule has 0 radical (unpaired) electrons. The largest absolute Gasteiger partial charge is 0.462 e. The molecule has 0 aromatic rings. The molecule has 0 amide bonds. The topological polar surface area (TPSA) is 107 Å². The lowest BCUT2D eigenvalue weighted by molar-refractivity contribution is -0.167. The lowest BCUT2D eigenvalue weighted by Crippen LogP contribution is -2.30. The lowest BCUT2D eigenvalue weighted by Gasteiger charge is -2.22. The van der Waals surface area contributed by atoms with Crippen LogP contribution in [-0.4, -0.2) is 73.8 Å². The van der Waals surface area contributed by atoms with Gasteiger partial charge in [0.25, 0.3) is 0 Å². The van der Waals surface area contributed by atoms with Gasteiger partial charge in [-0.15, -0.1) is 0 Å². The van der Waals surface area contributed by atoms with Gasteiger partial charge in [0.2, 0.25) is 0 Å². The zero-order valence-corrected chi connectivity index (χ0v) is 53.6. The summed E-state index contributed by atoms with van der Waals surface area (Å²) in [5.41, 5.74) is 0. The van der Waals surface area contributed by atoms with Crippen LogP contribution < -0.4 is 0 Å². The molecule has 0 bridgehead atoms. The molecule has 0 aromatic carbocycles. The number of rotatable bonds is 62. The quantitative estimate of drug-likeness (QED) is 0.0334.